The molecule has 0 unspecified atom stereocenters. The smallest absolute Gasteiger partial charge is 0.321 e. The summed E-state index contributed by atoms with van der Waals surface area (Å²) in [5, 5.41) is 3.69. The van der Waals surface area contributed by atoms with Crippen molar-refractivity contribution in [3.05, 3.63) is 59.6 Å². The summed E-state index contributed by atoms with van der Waals surface area (Å²) >= 11 is 0. The van der Waals surface area contributed by atoms with Crippen molar-refractivity contribution in [2.24, 2.45) is 0 Å². The fraction of sp³-hybridized carbons (Fsp3) is 0.250. The first kappa shape index (κ1) is 17.8. The van der Waals surface area contributed by atoms with E-state index in [-0.39, 0.29) is 11.8 Å². The van der Waals surface area contributed by atoms with Gasteiger partial charge in [0.15, 0.2) is 11.6 Å². The third kappa shape index (κ3) is 3.49. The number of fused-ring (bicyclic) bond motifs is 1. The van der Waals surface area contributed by atoms with Gasteiger partial charge in [-0.25, -0.2) is 9.18 Å². The van der Waals surface area contributed by atoms with E-state index >= 15 is 0 Å². The summed E-state index contributed by atoms with van der Waals surface area (Å²) in [5.74, 6) is 0.470. The number of urea groups is 1. The molecule has 26 heavy (non-hydrogen) atoms. The van der Waals surface area contributed by atoms with E-state index in [0.717, 1.165) is 28.7 Å². The van der Waals surface area contributed by atoms with E-state index in [4.69, 9.17) is 9.15 Å². The second kappa shape index (κ2) is 7.47. The Balaban J connectivity index is 1.76. The van der Waals surface area contributed by atoms with Crippen LogP contribution in [0.15, 0.2) is 46.9 Å². The average Bonchev–Trinajstić information content (AvgIpc) is 2.99. The molecule has 0 saturated carbocycles. The zero-order valence-corrected chi connectivity index (χ0v) is 15.0. The van der Waals surface area contributed by atoms with Crippen molar-refractivity contribution in [3.63, 3.8) is 0 Å². The highest BCUT2D eigenvalue weighted by molar-refractivity contribution is 5.90. The van der Waals surface area contributed by atoms with Gasteiger partial charge in [0.05, 0.1) is 13.7 Å². The Morgan fingerprint density at radius 3 is 2.73 bits per heavy atom. The molecule has 136 valence electrons. The molecular weight excluding hydrogens is 335 g/mol. The van der Waals surface area contributed by atoms with Gasteiger partial charge in [-0.1, -0.05) is 25.1 Å². The molecule has 1 N–H and O–H groups in total. The van der Waals surface area contributed by atoms with Crippen LogP contribution in [-0.4, -0.2) is 25.1 Å². The number of benzene rings is 2. The van der Waals surface area contributed by atoms with Gasteiger partial charge in [0.25, 0.3) is 0 Å². The average molecular weight is 356 g/mol. The minimum absolute atomic E-state index is 0.133. The topological polar surface area (TPSA) is 54.7 Å². The maximum atomic E-state index is 13.8. The van der Waals surface area contributed by atoms with E-state index in [0.29, 0.717) is 12.2 Å². The fourth-order valence-electron chi connectivity index (χ4n) is 2.88. The molecule has 2 aromatic carbocycles. The molecule has 0 fully saturated rings. The maximum absolute atomic E-state index is 13.8. The number of carbonyl (C=O) groups is 1. The van der Waals surface area contributed by atoms with E-state index in [2.05, 4.69) is 5.32 Å². The predicted octanol–water partition coefficient (Wildman–Crippen LogP) is 4.81. The molecule has 0 aliphatic carbocycles. The van der Waals surface area contributed by atoms with Crippen molar-refractivity contribution in [1.29, 1.82) is 0 Å². The SMILES string of the molecule is CCc1oc2ccccc2c1CN(C)C(=O)Nc1ccc(OC)c(F)c1. The second-order valence-corrected chi connectivity index (χ2v) is 5.99. The van der Waals surface area contributed by atoms with Crippen LogP contribution in [0.4, 0.5) is 14.9 Å². The number of hydrogen-bond donors (Lipinski definition) is 1. The summed E-state index contributed by atoms with van der Waals surface area (Å²) in [4.78, 5) is 14.0. The van der Waals surface area contributed by atoms with Crippen molar-refractivity contribution in [2.75, 3.05) is 19.5 Å². The van der Waals surface area contributed by atoms with Gasteiger partial charge in [-0.15, -0.1) is 0 Å². The lowest BCUT2D eigenvalue weighted by Gasteiger charge is -2.18. The summed E-state index contributed by atoms with van der Waals surface area (Å²) in [6.45, 7) is 2.41. The Morgan fingerprint density at radius 2 is 2.04 bits per heavy atom. The largest absolute Gasteiger partial charge is 0.494 e. The fourth-order valence-corrected chi connectivity index (χ4v) is 2.88. The molecule has 1 heterocycles. The highest BCUT2D eigenvalue weighted by atomic mass is 19.1. The molecule has 0 bridgehead atoms. The van der Waals surface area contributed by atoms with E-state index in [1.807, 2.05) is 31.2 Å². The van der Waals surface area contributed by atoms with Gasteiger partial charge in [-0.2, -0.15) is 0 Å². The van der Waals surface area contributed by atoms with Gasteiger partial charge in [0.1, 0.15) is 11.3 Å². The Hall–Kier alpha value is -3.02. The molecule has 3 rings (SSSR count). The van der Waals surface area contributed by atoms with Gasteiger partial charge < -0.3 is 19.4 Å². The van der Waals surface area contributed by atoms with Crippen molar-refractivity contribution < 1.29 is 18.3 Å². The number of halogens is 1. The monoisotopic (exact) mass is 356 g/mol. The number of ether oxygens (including phenoxy) is 1. The van der Waals surface area contributed by atoms with Crippen LogP contribution in [0.2, 0.25) is 0 Å². The number of furan rings is 1. The van der Waals surface area contributed by atoms with Crippen LogP contribution in [0.3, 0.4) is 0 Å². The molecule has 3 aromatic rings. The van der Waals surface area contributed by atoms with Gasteiger partial charge in [-0.05, 0) is 18.2 Å². The Labute approximate surface area is 151 Å². The highest BCUT2D eigenvalue weighted by Gasteiger charge is 2.17. The first-order valence-corrected chi connectivity index (χ1v) is 8.38. The molecule has 0 atom stereocenters. The van der Waals surface area contributed by atoms with Crippen LogP contribution < -0.4 is 10.1 Å². The lowest BCUT2D eigenvalue weighted by atomic mass is 10.1. The van der Waals surface area contributed by atoms with Gasteiger partial charge in [0.2, 0.25) is 0 Å². The number of para-hydroxylation sites is 1. The van der Waals surface area contributed by atoms with Crippen LogP contribution in [0.5, 0.6) is 5.75 Å². The van der Waals surface area contributed by atoms with Crippen LogP contribution in [0.1, 0.15) is 18.2 Å². The predicted molar refractivity (Wildman–Crippen MR) is 99.0 cm³/mol. The minimum atomic E-state index is -0.526. The van der Waals surface area contributed by atoms with Gasteiger partial charge >= 0.3 is 6.03 Å². The minimum Gasteiger partial charge on any atom is -0.494 e. The molecule has 1 aromatic heterocycles. The molecule has 0 aliphatic heterocycles. The van der Waals surface area contributed by atoms with Gasteiger partial charge in [-0.3, -0.25) is 0 Å². The number of aryl methyl sites for hydroxylation is 1. The van der Waals surface area contributed by atoms with E-state index < -0.39 is 5.82 Å². The van der Waals surface area contributed by atoms with Crippen LogP contribution in [0.25, 0.3) is 11.0 Å². The zero-order valence-electron chi connectivity index (χ0n) is 15.0. The number of amides is 2. The number of hydrogen-bond acceptors (Lipinski definition) is 3. The van der Waals surface area contributed by atoms with E-state index in [1.54, 1.807) is 18.0 Å². The van der Waals surface area contributed by atoms with Crippen LogP contribution in [-0.2, 0) is 13.0 Å². The standard InChI is InChI=1S/C20H21FN2O3/c1-4-17-15(14-7-5-6-8-18(14)26-17)12-23(2)20(24)22-13-9-10-19(25-3)16(21)11-13/h5-11H,4,12H2,1-3H3,(H,22,24). The molecule has 0 aliphatic rings. The molecule has 6 heteroatoms. The van der Waals surface area contributed by atoms with Gasteiger partial charge in [0, 0.05) is 36.2 Å². The lowest BCUT2D eigenvalue weighted by molar-refractivity contribution is 0.220. The Bertz CT molecular complexity index is 936. The first-order valence-electron chi connectivity index (χ1n) is 8.38. The molecule has 2 amide bonds. The van der Waals surface area contributed by atoms with Crippen molar-refractivity contribution in [1.82, 2.24) is 4.90 Å². The van der Waals surface area contributed by atoms with Crippen molar-refractivity contribution in [3.8, 4) is 5.75 Å². The third-order valence-corrected chi connectivity index (χ3v) is 4.25. The molecule has 0 radical (unpaired) electrons. The Morgan fingerprint density at radius 1 is 1.27 bits per heavy atom. The van der Waals surface area contributed by atoms with E-state index in [9.17, 15) is 9.18 Å². The van der Waals surface area contributed by atoms with Crippen LogP contribution in [0, 0.1) is 5.82 Å². The molecular formula is C20H21FN2O3. The summed E-state index contributed by atoms with van der Waals surface area (Å²) in [6, 6.07) is 11.7. The lowest BCUT2D eigenvalue weighted by Crippen LogP contribution is -2.31. The third-order valence-electron chi connectivity index (χ3n) is 4.25. The van der Waals surface area contributed by atoms with E-state index in [1.165, 1.54) is 19.2 Å². The number of nitrogens with one attached hydrogen (secondary N) is 1. The molecule has 0 saturated heterocycles. The van der Waals surface area contributed by atoms with Crippen molar-refractivity contribution in [2.45, 2.75) is 19.9 Å². The quantitative estimate of drug-likeness (QED) is 0.714. The summed E-state index contributed by atoms with van der Waals surface area (Å²) < 4.78 is 24.5. The molecule has 5 nitrogen and oxygen atoms in total. The Kier molecular flexibility index (Phi) is 5.11. The zero-order chi connectivity index (χ0) is 18.7. The van der Waals surface area contributed by atoms with Crippen molar-refractivity contribution >= 4 is 22.7 Å². The summed E-state index contributed by atoms with van der Waals surface area (Å²) in [7, 11) is 3.08. The van der Waals surface area contributed by atoms with Crippen LogP contribution >= 0.6 is 0 Å². The normalized spacial score (nSPS) is 10.8. The maximum Gasteiger partial charge on any atom is 0.321 e. The summed E-state index contributed by atoms with van der Waals surface area (Å²) in [5.41, 5.74) is 2.17. The number of carbonyl (C=O) groups excluding carboxylic acids is 1. The number of methoxy groups -OCH3 is 1. The number of anilines is 1. The first-order chi connectivity index (χ1) is 12.5. The molecule has 0 spiro atoms. The summed E-state index contributed by atoms with van der Waals surface area (Å²) in [6.07, 6.45) is 0.739. The highest BCUT2D eigenvalue weighted by Crippen LogP contribution is 2.27. The number of nitrogens with zero attached hydrogens (tertiary/aromatic N) is 1. The second-order valence-electron chi connectivity index (χ2n) is 5.99. The number of rotatable bonds is 5.